The van der Waals surface area contributed by atoms with Crippen LogP contribution < -0.4 is 15.8 Å². The maximum Gasteiger partial charge on any atom is 0.258 e. The minimum Gasteiger partial charge on any atom is -0.484 e. The first-order valence-electron chi connectivity index (χ1n) is 6.84. The highest BCUT2D eigenvalue weighted by Gasteiger charge is 2.10. The van der Waals surface area contributed by atoms with E-state index in [1.807, 2.05) is 31.2 Å². The van der Waals surface area contributed by atoms with E-state index in [2.05, 4.69) is 12.2 Å². The van der Waals surface area contributed by atoms with E-state index in [-0.39, 0.29) is 18.6 Å². The number of nitrogens with two attached hydrogens (primary N) is 1. The van der Waals surface area contributed by atoms with E-state index in [0.29, 0.717) is 12.3 Å². The van der Waals surface area contributed by atoms with Gasteiger partial charge in [0.05, 0.1) is 0 Å². The molecular formula is C15H24N2O2. The van der Waals surface area contributed by atoms with Gasteiger partial charge in [0.15, 0.2) is 6.61 Å². The van der Waals surface area contributed by atoms with Crippen LogP contribution >= 0.6 is 0 Å². The van der Waals surface area contributed by atoms with Crippen molar-refractivity contribution in [3.63, 3.8) is 0 Å². The number of benzene rings is 1. The van der Waals surface area contributed by atoms with Gasteiger partial charge in [-0.05, 0) is 25.5 Å². The van der Waals surface area contributed by atoms with Crippen LogP contribution in [0, 0.1) is 6.92 Å². The number of amides is 1. The molecule has 0 radical (unpaired) electrons. The summed E-state index contributed by atoms with van der Waals surface area (Å²) in [5.74, 6) is 0.589. The van der Waals surface area contributed by atoms with Gasteiger partial charge < -0.3 is 15.8 Å². The minimum absolute atomic E-state index is 0.0334. The van der Waals surface area contributed by atoms with Crippen LogP contribution in [0.15, 0.2) is 24.3 Å². The summed E-state index contributed by atoms with van der Waals surface area (Å²) in [5.41, 5.74) is 6.80. The monoisotopic (exact) mass is 264 g/mol. The van der Waals surface area contributed by atoms with Gasteiger partial charge in [-0.15, -0.1) is 0 Å². The molecule has 1 aromatic rings. The molecule has 0 spiro atoms. The highest BCUT2D eigenvalue weighted by atomic mass is 16.5. The predicted molar refractivity (Wildman–Crippen MR) is 77.2 cm³/mol. The molecule has 0 aliphatic rings. The first kappa shape index (κ1) is 15.5. The number of carbonyl (C=O) groups is 1. The summed E-state index contributed by atoms with van der Waals surface area (Å²) in [6.45, 7) is 4.63. The van der Waals surface area contributed by atoms with Crippen molar-refractivity contribution in [1.29, 1.82) is 0 Å². The number of unbranched alkanes of at least 4 members (excludes halogenated alkanes) is 1. The smallest absolute Gasteiger partial charge is 0.258 e. The molecule has 4 heteroatoms. The highest BCUT2D eigenvalue weighted by Crippen LogP contribution is 2.11. The molecule has 1 atom stereocenters. The second-order valence-corrected chi connectivity index (χ2v) is 4.74. The topological polar surface area (TPSA) is 64.3 Å². The van der Waals surface area contributed by atoms with Crippen molar-refractivity contribution < 1.29 is 9.53 Å². The number of hydrogen-bond donors (Lipinski definition) is 2. The summed E-state index contributed by atoms with van der Waals surface area (Å²) in [7, 11) is 0. The lowest BCUT2D eigenvalue weighted by Crippen LogP contribution is -2.42. The first-order chi connectivity index (χ1) is 9.15. The SMILES string of the molecule is CCCCC(CN)NC(=O)COc1ccc(C)cc1. The lowest BCUT2D eigenvalue weighted by atomic mass is 10.1. The number of rotatable bonds is 8. The van der Waals surface area contributed by atoms with Gasteiger partial charge in [-0.25, -0.2) is 0 Å². The normalized spacial score (nSPS) is 11.9. The van der Waals surface area contributed by atoms with Crippen LogP contribution in [0.2, 0.25) is 0 Å². The van der Waals surface area contributed by atoms with E-state index < -0.39 is 0 Å². The Hall–Kier alpha value is -1.55. The first-order valence-corrected chi connectivity index (χ1v) is 6.84. The standard InChI is InChI=1S/C15H24N2O2/c1-3-4-5-13(10-16)17-15(18)11-19-14-8-6-12(2)7-9-14/h6-9,13H,3-5,10-11,16H2,1-2H3,(H,17,18). The van der Waals surface area contributed by atoms with Crippen LogP contribution in [0.25, 0.3) is 0 Å². The molecule has 3 N–H and O–H groups in total. The van der Waals surface area contributed by atoms with E-state index in [1.54, 1.807) is 0 Å². The Morgan fingerprint density at radius 3 is 2.63 bits per heavy atom. The number of hydrogen-bond acceptors (Lipinski definition) is 3. The number of nitrogens with one attached hydrogen (secondary N) is 1. The van der Waals surface area contributed by atoms with E-state index >= 15 is 0 Å². The predicted octanol–water partition coefficient (Wildman–Crippen LogP) is 2.01. The van der Waals surface area contributed by atoms with E-state index in [0.717, 1.165) is 19.3 Å². The second kappa shape index (κ2) is 8.53. The zero-order valence-corrected chi connectivity index (χ0v) is 11.8. The number of carbonyl (C=O) groups excluding carboxylic acids is 1. The Balaban J connectivity index is 2.32. The summed E-state index contributed by atoms with van der Waals surface area (Å²) in [4.78, 5) is 11.7. The van der Waals surface area contributed by atoms with Gasteiger partial charge in [-0.2, -0.15) is 0 Å². The van der Waals surface area contributed by atoms with Crippen molar-refractivity contribution in [2.45, 2.75) is 39.2 Å². The third-order valence-electron chi connectivity index (χ3n) is 2.95. The van der Waals surface area contributed by atoms with Crippen LogP contribution in [-0.2, 0) is 4.79 Å². The van der Waals surface area contributed by atoms with Crippen molar-refractivity contribution in [2.24, 2.45) is 5.73 Å². The molecule has 106 valence electrons. The molecule has 19 heavy (non-hydrogen) atoms. The molecule has 0 fully saturated rings. The van der Waals surface area contributed by atoms with Gasteiger partial charge in [0.1, 0.15) is 5.75 Å². The van der Waals surface area contributed by atoms with Gasteiger partial charge in [0.25, 0.3) is 5.91 Å². The molecule has 0 aromatic heterocycles. The molecule has 1 aromatic carbocycles. The molecule has 0 saturated heterocycles. The van der Waals surface area contributed by atoms with Crippen LogP contribution in [0.3, 0.4) is 0 Å². The highest BCUT2D eigenvalue weighted by molar-refractivity contribution is 5.77. The van der Waals surface area contributed by atoms with Gasteiger partial charge in [-0.1, -0.05) is 37.5 Å². The third kappa shape index (κ3) is 6.25. The molecular weight excluding hydrogens is 240 g/mol. The van der Waals surface area contributed by atoms with Crippen molar-refractivity contribution in [2.75, 3.05) is 13.2 Å². The minimum atomic E-state index is -0.118. The van der Waals surface area contributed by atoms with Crippen molar-refractivity contribution >= 4 is 5.91 Å². The molecule has 0 heterocycles. The van der Waals surface area contributed by atoms with E-state index in [1.165, 1.54) is 5.56 Å². The Kier molecular flexibility index (Phi) is 6.97. The quantitative estimate of drug-likeness (QED) is 0.755. The summed E-state index contributed by atoms with van der Waals surface area (Å²) in [6.07, 6.45) is 3.09. The van der Waals surface area contributed by atoms with E-state index in [4.69, 9.17) is 10.5 Å². The van der Waals surface area contributed by atoms with Crippen molar-refractivity contribution in [3.05, 3.63) is 29.8 Å². The largest absolute Gasteiger partial charge is 0.484 e. The van der Waals surface area contributed by atoms with Gasteiger partial charge in [-0.3, -0.25) is 4.79 Å². The summed E-state index contributed by atoms with van der Waals surface area (Å²) in [6, 6.07) is 7.68. The Labute approximate surface area is 115 Å². The molecule has 0 bridgehead atoms. The summed E-state index contributed by atoms with van der Waals surface area (Å²) >= 11 is 0. The fourth-order valence-corrected chi connectivity index (χ4v) is 1.75. The Bertz CT molecular complexity index is 376. The lowest BCUT2D eigenvalue weighted by molar-refractivity contribution is -0.123. The van der Waals surface area contributed by atoms with Crippen LogP contribution in [0.4, 0.5) is 0 Å². The van der Waals surface area contributed by atoms with Crippen LogP contribution in [0.5, 0.6) is 5.75 Å². The average Bonchev–Trinajstić information content (AvgIpc) is 2.42. The van der Waals surface area contributed by atoms with Crippen molar-refractivity contribution in [1.82, 2.24) is 5.32 Å². The van der Waals surface area contributed by atoms with Gasteiger partial charge in [0, 0.05) is 12.6 Å². The Morgan fingerprint density at radius 2 is 2.05 bits per heavy atom. The fourth-order valence-electron chi connectivity index (χ4n) is 1.75. The third-order valence-corrected chi connectivity index (χ3v) is 2.95. The molecule has 1 amide bonds. The second-order valence-electron chi connectivity index (χ2n) is 4.74. The average molecular weight is 264 g/mol. The maximum absolute atomic E-state index is 11.7. The number of ether oxygens (including phenoxy) is 1. The molecule has 0 aliphatic heterocycles. The van der Waals surface area contributed by atoms with Crippen LogP contribution in [0.1, 0.15) is 31.7 Å². The van der Waals surface area contributed by atoms with Gasteiger partial charge in [0.2, 0.25) is 0 Å². The molecule has 4 nitrogen and oxygen atoms in total. The fraction of sp³-hybridized carbons (Fsp3) is 0.533. The van der Waals surface area contributed by atoms with E-state index in [9.17, 15) is 4.79 Å². The molecule has 1 unspecified atom stereocenters. The maximum atomic E-state index is 11.7. The molecule has 1 rings (SSSR count). The lowest BCUT2D eigenvalue weighted by Gasteiger charge is -2.16. The zero-order chi connectivity index (χ0) is 14.1. The number of aryl methyl sites for hydroxylation is 1. The molecule has 0 saturated carbocycles. The summed E-state index contributed by atoms with van der Waals surface area (Å²) in [5, 5.41) is 2.89. The Morgan fingerprint density at radius 1 is 1.37 bits per heavy atom. The molecule has 0 aliphatic carbocycles. The summed E-state index contributed by atoms with van der Waals surface area (Å²) < 4.78 is 5.42. The zero-order valence-electron chi connectivity index (χ0n) is 11.8. The van der Waals surface area contributed by atoms with Gasteiger partial charge >= 0.3 is 0 Å². The van der Waals surface area contributed by atoms with Crippen LogP contribution in [-0.4, -0.2) is 25.1 Å². The van der Waals surface area contributed by atoms with Crippen molar-refractivity contribution in [3.8, 4) is 5.75 Å².